The number of carbonyl (C=O) groups excluding carboxylic acids is 1. The van der Waals surface area contributed by atoms with Gasteiger partial charge in [0.25, 0.3) is 5.91 Å². The number of methoxy groups -OCH3 is 1. The summed E-state index contributed by atoms with van der Waals surface area (Å²) in [7, 11) is 1.64. The van der Waals surface area contributed by atoms with E-state index in [-0.39, 0.29) is 28.7 Å². The lowest BCUT2D eigenvalue weighted by atomic mass is 10.0. The normalized spacial score (nSPS) is 15.9. The van der Waals surface area contributed by atoms with Gasteiger partial charge in [-0.1, -0.05) is 12.1 Å². The molecule has 5 rings (SSSR count). The number of rotatable bonds is 5. The van der Waals surface area contributed by atoms with Crippen molar-refractivity contribution in [3.8, 4) is 11.5 Å². The number of likely N-dealkylation sites (tertiary alicyclic amines) is 1. The molecule has 2 aromatic heterocycles. The van der Waals surface area contributed by atoms with Crippen molar-refractivity contribution in [2.45, 2.75) is 12.5 Å². The van der Waals surface area contributed by atoms with Crippen LogP contribution in [0, 0.1) is 5.82 Å². The fourth-order valence-electron chi connectivity index (χ4n) is 4.05. The Balaban J connectivity index is 1.49. The van der Waals surface area contributed by atoms with E-state index in [9.17, 15) is 14.7 Å². The van der Waals surface area contributed by atoms with Crippen molar-refractivity contribution in [3.63, 3.8) is 0 Å². The average Bonchev–Trinajstić information content (AvgIpc) is 3.48. The summed E-state index contributed by atoms with van der Waals surface area (Å²) in [6.07, 6.45) is 2.37. The van der Waals surface area contributed by atoms with Gasteiger partial charge in [-0.05, 0) is 36.1 Å². The highest BCUT2D eigenvalue weighted by atomic mass is 32.1. The molecule has 2 aromatic carbocycles. The number of halogens is 1. The summed E-state index contributed by atoms with van der Waals surface area (Å²) in [5, 5.41) is 9.80. The number of ether oxygens (including phenoxy) is 2. The van der Waals surface area contributed by atoms with Gasteiger partial charge in [-0.15, -0.1) is 11.3 Å². The molecule has 168 valence electrons. The van der Waals surface area contributed by atoms with Gasteiger partial charge in [-0.25, -0.2) is 9.18 Å². The molecule has 9 heteroatoms. The van der Waals surface area contributed by atoms with Crippen LogP contribution in [0.15, 0.2) is 48.7 Å². The third kappa shape index (κ3) is 3.79. The molecule has 4 aromatic rings. The maximum atomic E-state index is 15.2. The zero-order valence-corrected chi connectivity index (χ0v) is 18.4. The summed E-state index contributed by atoms with van der Waals surface area (Å²) >= 11 is 1.24. The minimum Gasteiger partial charge on any atom is -0.478 e. The second-order valence-corrected chi connectivity index (χ2v) is 8.77. The molecule has 33 heavy (non-hydrogen) atoms. The molecule has 0 aliphatic carbocycles. The minimum atomic E-state index is -1.13. The maximum absolute atomic E-state index is 15.2. The maximum Gasteiger partial charge on any atom is 0.336 e. The lowest BCUT2D eigenvalue weighted by Crippen LogP contribution is -2.29. The predicted octanol–water partition coefficient (Wildman–Crippen LogP) is 4.94. The van der Waals surface area contributed by atoms with E-state index in [0.717, 1.165) is 6.42 Å². The monoisotopic (exact) mass is 466 g/mol. The van der Waals surface area contributed by atoms with E-state index in [1.54, 1.807) is 24.1 Å². The molecule has 1 fully saturated rings. The summed E-state index contributed by atoms with van der Waals surface area (Å²) in [6.45, 7) is 1.17. The van der Waals surface area contributed by atoms with Crippen molar-refractivity contribution in [1.82, 2.24) is 9.88 Å². The zero-order valence-electron chi connectivity index (χ0n) is 17.6. The molecule has 0 unspecified atom stereocenters. The number of hydrogen-bond acceptors (Lipinski definition) is 6. The van der Waals surface area contributed by atoms with E-state index in [2.05, 4.69) is 4.98 Å². The Labute approximate surface area is 192 Å². The largest absolute Gasteiger partial charge is 0.478 e. The summed E-state index contributed by atoms with van der Waals surface area (Å²) in [5.41, 5.74) is 0.598. The van der Waals surface area contributed by atoms with Crippen LogP contribution in [0.5, 0.6) is 11.5 Å². The first-order chi connectivity index (χ1) is 16.0. The number of pyridine rings is 1. The Bertz CT molecular complexity index is 1400. The first-order valence-electron chi connectivity index (χ1n) is 10.3. The van der Waals surface area contributed by atoms with Crippen LogP contribution >= 0.6 is 11.3 Å². The number of benzene rings is 2. The van der Waals surface area contributed by atoms with E-state index >= 15 is 4.39 Å². The van der Waals surface area contributed by atoms with Crippen LogP contribution in [0.2, 0.25) is 0 Å². The first-order valence-corrected chi connectivity index (χ1v) is 11.1. The first kappa shape index (κ1) is 21.3. The van der Waals surface area contributed by atoms with Crippen LogP contribution < -0.4 is 4.74 Å². The summed E-state index contributed by atoms with van der Waals surface area (Å²) in [6, 6.07) is 10.7. The van der Waals surface area contributed by atoms with E-state index in [1.807, 2.05) is 0 Å². The quantitative estimate of drug-likeness (QED) is 0.448. The molecule has 1 amide bonds. The van der Waals surface area contributed by atoms with Gasteiger partial charge in [0.2, 0.25) is 0 Å². The molecule has 1 aliphatic rings. The number of nitrogens with zero attached hydrogens (tertiary/aromatic N) is 2. The van der Waals surface area contributed by atoms with Crippen LogP contribution in [0.25, 0.3) is 21.0 Å². The van der Waals surface area contributed by atoms with E-state index < -0.39 is 11.8 Å². The van der Waals surface area contributed by atoms with Gasteiger partial charge in [-0.2, -0.15) is 0 Å². The van der Waals surface area contributed by atoms with Crippen molar-refractivity contribution in [2.75, 3.05) is 20.2 Å². The Hall–Kier alpha value is -3.56. The van der Waals surface area contributed by atoms with Gasteiger partial charge in [0.05, 0.1) is 26.8 Å². The second-order valence-electron chi connectivity index (χ2n) is 7.72. The molecule has 0 bridgehead atoms. The molecular weight excluding hydrogens is 447 g/mol. The predicted molar refractivity (Wildman–Crippen MR) is 122 cm³/mol. The number of carbonyl (C=O) groups is 2. The van der Waals surface area contributed by atoms with Crippen molar-refractivity contribution >= 4 is 44.2 Å². The minimum absolute atomic E-state index is 0.0169. The number of carboxylic acid groups (broad SMARTS) is 1. The highest BCUT2D eigenvalue weighted by Gasteiger charge is 2.28. The number of aromatic nitrogens is 1. The van der Waals surface area contributed by atoms with E-state index in [0.29, 0.717) is 39.3 Å². The number of aromatic carboxylic acids is 1. The number of carboxylic acids is 1. The number of thiophene rings is 1. The molecule has 0 saturated carbocycles. The Kier molecular flexibility index (Phi) is 5.43. The molecule has 1 aliphatic heterocycles. The van der Waals surface area contributed by atoms with E-state index in [4.69, 9.17) is 9.47 Å². The third-order valence-electron chi connectivity index (χ3n) is 5.76. The van der Waals surface area contributed by atoms with Crippen LogP contribution in [0.1, 0.15) is 26.5 Å². The Morgan fingerprint density at radius 2 is 2.03 bits per heavy atom. The Morgan fingerprint density at radius 1 is 1.18 bits per heavy atom. The topological polar surface area (TPSA) is 89.0 Å². The summed E-state index contributed by atoms with van der Waals surface area (Å²) < 4.78 is 27.1. The fourth-order valence-corrected chi connectivity index (χ4v) is 5.08. The van der Waals surface area contributed by atoms with Crippen molar-refractivity contribution < 1.29 is 28.6 Å². The number of fused-ring (bicyclic) bond motifs is 2. The van der Waals surface area contributed by atoms with Gasteiger partial charge in [0, 0.05) is 37.8 Å². The average molecular weight is 466 g/mol. The van der Waals surface area contributed by atoms with Gasteiger partial charge in [0.1, 0.15) is 5.75 Å². The van der Waals surface area contributed by atoms with Crippen molar-refractivity contribution in [2.24, 2.45) is 0 Å². The molecular formula is C24H19FN2O5S. The fraction of sp³-hybridized carbons (Fsp3) is 0.208. The summed E-state index contributed by atoms with van der Waals surface area (Å²) in [5.74, 6) is -1.55. The highest BCUT2D eigenvalue weighted by Crippen LogP contribution is 2.38. The SMILES string of the molecule is CO[C@H]1CCN(C(=O)c2cc3nccc(Oc4ccc5c(C(=O)O)cccc5c4F)c3s2)C1. The number of amides is 1. The van der Waals surface area contributed by atoms with Crippen LogP contribution in [-0.2, 0) is 4.74 Å². The molecule has 1 saturated heterocycles. The zero-order chi connectivity index (χ0) is 23.1. The smallest absolute Gasteiger partial charge is 0.336 e. The van der Waals surface area contributed by atoms with Gasteiger partial charge in [0.15, 0.2) is 11.6 Å². The van der Waals surface area contributed by atoms with Crippen LogP contribution in [-0.4, -0.2) is 53.2 Å². The standard InChI is InChI=1S/C24H19FN2O5S/c1-31-13-8-10-27(12-13)23(28)20-11-17-22(33-20)19(7-9-26-17)32-18-6-5-14-15(21(18)25)3-2-4-16(14)24(29)30/h2-7,9,11,13H,8,10,12H2,1H3,(H,29,30)/t13-/m0/s1. The Morgan fingerprint density at radius 3 is 2.79 bits per heavy atom. The molecule has 3 heterocycles. The van der Waals surface area contributed by atoms with Gasteiger partial charge < -0.3 is 19.5 Å². The molecule has 0 spiro atoms. The third-order valence-corrected chi connectivity index (χ3v) is 6.89. The van der Waals surface area contributed by atoms with E-state index in [1.165, 1.54) is 47.9 Å². The number of hydrogen-bond donors (Lipinski definition) is 1. The summed E-state index contributed by atoms with van der Waals surface area (Å²) in [4.78, 5) is 31.0. The molecule has 1 N–H and O–H groups in total. The molecule has 1 atom stereocenters. The second kappa shape index (κ2) is 8.42. The van der Waals surface area contributed by atoms with Crippen LogP contribution in [0.3, 0.4) is 0 Å². The van der Waals surface area contributed by atoms with Crippen LogP contribution in [0.4, 0.5) is 4.39 Å². The molecule has 7 nitrogen and oxygen atoms in total. The van der Waals surface area contributed by atoms with Gasteiger partial charge in [-0.3, -0.25) is 9.78 Å². The van der Waals surface area contributed by atoms with Gasteiger partial charge >= 0.3 is 5.97 Å². The highest BCUT2D eigenvalue weighted by molar-refractivity contribution is 7.21. The van der Waals surface area contributed by atoms with Crippen molar-refractivity contribution in [3.05, 3.63) is 64.9 Å². The van der Waals surface area contributed by atoms with Crippen molar-refractivity contribution in [1.29, 1.82) is 0 Å². The molecule has 0 radical (unpaired) electrons. The lowest BCUT2D eigenvalue weighted by Gasteiger charge is -2.14. The lowest BCUT2D eigenvalue weighted by molar-refractivity contribution is 0.0697.